The molecule has 3 amide bonds. The number of thiophene rings is 1. The van der Waals surface area contributed by atoms with Crippen molar-refractivity contribution in [3.63, 3.8) is 0 Å². The van der Waals surface area contributed by atoms with Crippen LogP contribution in [0.4, 0.5) is 5.00 Å². The van der Waals surface area contributed by atoms with Crippen LogP contribution in [0.3, 0.4) is 0 Å². The highest BCUT2D eigenvalue weighted by Gasteiger charge is 2.39. The number of likely N-dealkylation sites (N-methyl/N-ethyl adjacent to an activating group) is 1. The molecule has 0 aromatic carbocycles. The highest BCUT2D eigenvalue weighted by Crippen LogP contribution is 2.43. The maximum atomic E-state index is 13.1. The number of carbonyl (C=O) groups is 3. The van der Waals surface area contributed by atoms with E-state index >= 15 is 0 Å². The monoisotopic (exact) mass is 428 g/mol. The summed E-state index contributed by atoms with van der Waals surface area (Å²) < 4.78 is 5.32. The predicted molar refractivity (Wildman–Crippen MR) is 111 cm³/mol. The third-order valence-electron chi connectivity index (χ3n) is 6.11. The first-order valence-corrected chi connectivity index (χ1v) is 11.2. The Kier molecular flexibility index (Phi) is 4.65. The highest BCUT2D eigenvalue weighted by atomic mass is 32.1. The standard InChI is InChI=1S/C21H24N4O4S/c1-3-14-18(22-11-29-14)20(28)24-7-6-13-15(9-24)30-21-17(13)19(27)23(2)10-16(26)25(21)8-12-4-5-12/h11-12H,3-10H2,1-2H3. The van der Waals surface area contributed by atoms with Crippen LogP contribution in [0.5, 0.6) is 0 Å². The van der Waals surface area contributed by atoms with Gasteiger partial charge in [0.15, 0.2) is 12.1 Å². The van der Waals surface area contributed by atoms with Gasteiger partial charge in [-0.2, -0.15) is 0 Å². The number of nitrogens with zero attached hydrogens (tertiary/aromatic N) is 4. The summed E-state index contributed by atoms with van der Waals surface area (Å²) in [5.41, 5.74) is 2.01. The topological polar surface area (TPSA) is 87.0 Å². The lowest BCUT2D eigenvalue weighted by molar-refractivity contribution is -0.119. The van der Waals surface area contributed by atoms with E-state index < -0.39 is 0 Å². The van der Waals surface area contributed by atoms with E-state index in [2.05, 4.69) is 4.98 Å². The summed E-state index contributed by atoms with van der Waals surface area (Å²) >= 11 is 1.49. The molecule has 8 nitrogen and oxygen atoms in total. The van der Waals surface area contributed by atoms with Gasteiger partial charge in [-0.25, -0.2) is 4.98 Å². The number of aromatic nitrogens is 1. The SMILES string of the molecule is CCc1ocnc1C(=O)N1CCc2c(sc3c2C(=O)N(C)CC(=O)N3CC2CC2)C1. The van der Waals surface area contributed by atoms with Gasteiger partial charge >= 0.3 is 0 Å². The summed E-state index contributed by atoms with van der Waals surface area (Å²) in [5.74, 6) is 0.837. The Balaban J connectivity index is 1.49. The summed E-state index contributed by atoms with van der Waals surface area (Å²) in [6.07, 6.45) is 4.77. The highest BCUT2D eigenvalue weighted by molar-refractivity contribution is 7.17. The average molecular weight is 429 g/mol. The Morgan fingerprint density at radius 3 is 2.83 bits per heavy atom. The van der Waals surface area contributed by atoms with Gasteiger partial charge in [-0.3, -0.25) is 14.4 Å². The smallest absolute Gasteiger partial charge is 0.276 e. The number of carbonyl (C=O) groups excluding carboxylic acids is 3. The summed E-state index contributed by atoms with van der Waals surface area (Å²) in [5, 5.41) is 0.760. The number of hydrogen-bond donors (Lipinski definition) is 0. The van der Waals surface area contributed by atoms with Crippen molar-refractivity contribution in [3.8, 4) is 0 Å². The molecule has 9 heteroatoms. The fourth-order valence-electron chi connectivity index (χ4n) is 4.23. The molecule has 4 heterocycles. The van der Waals surface area contributed by atoms with E-state index in [-0.39, 0.29) is 24.3 Å². The van der Waals surface area contributed by atoms with Gasteiger partial charge in [0.1, 0.15) is 17.3 Å². The van der Waals surface area contributed by atoms with E-state index in [0.717, 1.165) is 28.3 Å². The number of amides is 3. The third kappa shape index (κ3) is 3.12. The molecule has 0 unspecified atom stereocenters. The van der Waals surface area contributed by atoms with E-state index in [1.54, 1.807) is 11.9 Å². The quantitative estimate of drug-likeness (QED) is 0.746. The number of oxazole rings is 1. The molecule has 0 radical (unpaired) electrons. The normalized spacial score (nSPS) is 19.1. The van der Waals surface area contributed by atoms with Gasteiger partial charge < -0.3 is 19.1 Å². The molecule has 2 aromatic heterocycles. The number of anilines is 1. The van der Waals surface area contributed by atoms with Crippen LogP contribution in [0.15, 0.2) is 10.8 Å². The third-order valence-corrected chi connectivity index (χ3v) is 7.35. The molecular formula is C21H24N4O4S. The van der Waals surface area contributed by atoms with Gasteiger partial charge in [-0.15, -0.1) is 11.3 Å². The second kappa shape index (κ2) is 7.23. The lowest BCUT2D eigenvalue weighted by Crippen LogP contribution is -2.39. The maximum absolute atomic E-state index is 13.1. The first kappa shape index (κ1) is 19.3. The molecule has 1 aliphatic carbocycles. The summed E-state index contributed by atoms with van der Waals surface area (Å²) in [6, 6.07) is 0. The van der Waals surface area contributed by atoms with E-state index in [9.17, 15) is 14.4 Å². The molecule has 0 spiro atoms. The van der Waals surface area contributed by atoms with E-state index in [1.807, 2.05) is 11.8 Å². The molecule has 3 aliphatic rings. The second-order valence-electron chi connectivity index (χ2n) is 8.25. The minimum atomic E-state index is -0.149. The Morgan fingerprint density at radius 1 is 1.30 bits per heavy atom. The first-order valence-electron chi connectivity index (χ1n) is 10.4. The van der Waals surface area contributed by atoms with E-state index in [1.165, 1.54) is 22.6 Å². The Hall–Kier alpha value is -2.68. The minimum Gasteiger partial charge on any atom is -0.448 e. The van der Waals surface area contributed by atoms with Gasteiger partial charge in [0, 0.05) is 31.4 Å². The lowest BCUT2D eigenvalue weighted by atomic mass is 10.0. The maximum Gasteiger partial charge on any atom is 0.276 e. The largest absolute Gasteiger partial charge is 0.448 e. The van der Waals surface area contributed by atoms with Crippen LogP contribution in [-0.2, 0) is 24.2 Å². The molecule has 0 N–H and O–H groups in total. The van der Waals surface area contributed by atoms with Crippen molar-refractivity contribution in [2.45, 2.75) is 39.2 Å². The van der Waals surface area contributed by atoms with Crippen molar-refractivity contribution in [1.82, 2.24) is 14.8 Å². The zero-order valence-electron chi connectivity index (χ0n) is 17.1. The zero-order valence-corrected chi connectivity index (χ0v) is 18.0. The zero-order chi connectivity index (χ0) is 21.0. The molecule has 2 aliphatic heterocycles. The molecule has 1 saturated carbocycles. The summed E-state index contributed by atoms with van der Waals surface area (Å²) in [7, 11) is 1.68. The van der Waals surface area contributed by atoms with Gasteiger partial charge in [0.25, 0.3) is 11.8 Å². The van der Waals surface area contributed by atoms with Crippen LogP contribution in [-0.4, -0.2) is 59.2 Å². The molecule has 30 heavy (non-hydrogen) atoms. The van der Waals surface area contributed by atoms with Crippen molar-refractivity contribution >= 4 is 34.1 Å². The number of fused-ring (bicyclic) bond motifs is 3. The predicted octanol–water partition coefficient (Wildman–Crippen LogP) is 2.33. The van der Waals surface area contributed by atoms with Gasteiger partial charge in [-0.05, 0) is 30.7 Å². The van der Waals surface area contributed by atoms with Crippen LogP contribution >= 0.6 is 11.3 Å². The Morgan fingerprint density at radius 2 is 2.10 bits per heavy atom. The van der Waals surface area contributed by atoms with Crippen LogP contribution in [0.1, 0.15) is 56.8 Å². The van der Waals surface area contributed by atoms with Crippen LogP contribution in [0.25, 0.3) is 0 Å². The van der Waals surface area contributed by atoms with Crippen LogP contribution in [0.2, 0.25) is 0 Å². The lowest BCUT2D eigenvalue weighted by Gasteiger charge is -2.27. The Bertz CT molecular complexity index is 1040. The van der Waals surface area contributed by atoms with Crippen LogP contribution in [0, 0.1) is 5.92 Å². The van der Waals surface area contributed by atoms with E-state index in [4.69, 9.17) is 4.42 Å². The Labute approximate surface area is 178 Å². The van der Waals surface area contributed by atoms with Crippen LogP contribution < -0.4 is 4.90 Å². The van der Waals surface area contributed by atoms with E-state index in [0.29, 0.717) is 55.4 Å². The summed E-state index contributed by atoms with van der Waals surface area (Å²) in [6.45, 7) is 3.64. The van der Waals surface area contributed by atoms with Gasteiger partial charge in [0.05, 0.1) is 12.1 Å². The summed E-state index contributed by atoms with van der Waals surface area (Å²) in [4.78, 5) is 49.2. The minimum absolute atomic E-state index is 0.0294. The van der Waals surface area contributed by atoms with Crippen molar-refractivity contribution < 1.29 is 18.8 Å². The number of hydrogen-bond acceptors (Lipinski definition) is 6. The van der Waals surface area contributed by atoms with Gasteiger partial charge in [0.2, 0.25) is 5.91 Å². The van der Waals surface area contributed by atoms with Gasteiger partial charge in [-0.1, -0.05) is 6.92 Å². The molecule has 1 fully saturated rings. The fourth-order valence-corrected chi connectivity index (χ4v) is 5.61. The van der Waals surface area contributed by atoms with Crippen molar-refractivity contribution in [2.75, 3.05) is 31.6 Å². The average Bonchev–Trinajstić information content (AvgIpc) is 3.32. The fraction of sp³-hybridized carbons (Fsp3) is 0.524. The molecule has 0 atom stereocenters. The second-order valence-corrected chi connectivity index (χ2v) is 9.33. The first-order chi connectivity index (χ1) is 14.5. The van der Waals surface area contributed by atoms with Crippen molar-refractivity contribution in [2.24, 2.45) is 5.92 Å². The molecule has 0 saturated heterocycles. The molecule has 2 aromatic rings. The number of rotatable bonds is 4. The van der Waals surface area contributed by atoms with Crippen molar-refractivity contribution in [3.05, 3.63) is 33.9 Å². The molecule has 0 bridgehead atoms. The molecule has 5 rings (SSSR count). The molecular weight excluding hydrogens is 404 g/mol. The number of aryl methyl sites for hydroxylation is 1. The molecule has 158 valence electrons. The van der Waals surface area contributed by atoms with Crippen molar-refractivity contribution in [1.29, 1.82) is 0 Å².